The molecule has 1 N–H and O–H groups in total. The maximum Gasteiger partial charge on any atom is 0.490 e. The van der Waals surface area contributed by atoms with Crippen LogP contribution in [0.4, 0.5) is 13.2 Å². The van der Waals surface area contributed by atoms with E-state index in [0.29, 0.717) is 12.1 Å². The van der Waals surface area contributed by atoms with Crippen molar-refractivity contribution in [3.05, 3.63) is 30.1 Å². The molecule has 0 amide bonds. The van der Waals surface area contributed by atoms with Gasteiger partial charge in [-0.25, -0.2) is 4.79 Å². The Bertz CT molecular complexity index is 640. The molecule has 2 saturated carbocycles. The zero-order valence-electron chi connectivity index (χ0n) is 15.5. The first-order chi connectivity index (χ1) is 13.3. The van der Waals surface area contributed by atoms with Crippen LogP contribution in [-0.2, 0) is 20.8 Å². The van der Waals surface area contributed by atoms with Gasteiger partial charge in [-0.15, -0.1) is 0 Å². The number of aliphatic carboxylic acids is 1. The molecule has 2 aliphatic carbocycles. The maximum absolute atomic E-state index is 10.6. The summed E-state index contributed by atoms with van der Waals surface area (Å²) in [6.07, 6.45) is 4.36. The van der Waals surface area contributed by atoms with Gasteiger partial charge in [-0.1, -0.05) is 6.07 Å². The molecule has 3 aliphatic rings. The van der Waals surface area contributed by atoms with E-state index in [1.54, 1.807) is 0 Å². The Morgan fingerprint density at radius 1 is 1.32 bits per heavy atom. The minimum atomic E-state index is -5.08. The molecule has 4 rings (SSSR count). The second kappa shape index (κ2) is 9.19. The van der Waals surface area contributed by atoms with Gasteiger partial charge in [0, 0.05) is 38.1 Å². The van der Waals surface area contributed by atoms with Gasteiger partial charge in [0.15, 0.2) is 0 Å². The van der Waals surface area contributed by atoms with Crippen molar-refractivity contribution in [1.82, 2.24) is 9.88 Å². The summed E-state index contributed by atoms with van der Waals surface area (Å²) in [5, 5.41) is 7.12. The van der Waals surface area contributed by atoms with Crippen LogP contribution < -0.4 is 0 Å². The Balaban J connectivity index is 0.000000279. The van der Waals surface area contributed by atoms with Gasteiger partial charge >= 0.3 is 12.1 Å². The van der Waals surface area contributed by atoms with Gasteiger partial charge < -0.3 is 14.6 Å². The number of carboxylic acid groups (broad SMARTS) is 1. The van der Waals surface area contributed by atoms with Gasteiger partial charge in [0.1, 0.15) is 0 Å². The Morgan fingerprint density at radius 2 is 2.07 bits per heavy atom. The van der Waals surface area contributed by atoms with Gasteiger partial charge in [-0.05, 0) is 43.2 Å². The molecule has 1 aromatic heterocycles. The lowest BCUT2D eigenvalue weighted by Gasteiger charge is -2.39. The molecular weight excluding hydrogens is 377 g/mol. The first kappa shape index (κ1) is 21.0. The van der Waals surface area contributed by atoms with Gasteiger partial charge in [0.25, 0.3) is 0 Å². The number of carboxylic acids is 1. The third kappa shape index (κ3) is 5.89. The third-order valence-electron chi connectivity index (χ3n) is 5.24. The van der Waals surface area contributed by atoms with Crippen molar-refractivity contribution >= 4 is 5.97 Å². The Labute approximate surface area is 161 Å². The molecule has 0 spiro atoms. The van der Waals surface area contributed by atoms with Crippen molar-refractivity contribution in [2.45, 2.75) is 56.7 Å². The van der Waals surface area contributed by atoms with Gasteiger partial charge in [0.05, 0.1) is 18.8 Å². The Hall–Kier alpha value is -1.71. The number of morpholine rings is 1. The first-order valence-electron chi connectivity index (χ1n) is 9.51. The molecule has 2 heterocycles. The highest BCUT2D eigenvalue weighted by atomic mass is 19.4. The highest BCUT2D eigenvalue weighted by Gasteiger charge is 2.43. The summed E-state index contributed by atoms with van der Waals surface area (Å²) >= 11 is 0. The summed E-state index contributed by atoms with van der Waals surface area (Å²) in [6, 6.07) is 4.69. The van der Waals surface area contributed by atoms with E-state index in [0.717, 1.165) is 38.6 Å². The summed E-state index contributed by atoms with van der Waals surface area (Å²) < 4.78 is 43.9. The van der Waals surface area contributed by atoms with Crippen LogP contribution in [0.15, 0.2) is 24.5 Å². The quantitative estimate of drug-likeness (QED) is 0.817. The molecule has 1 aliphatic heterocycles. The second-order valence-corrected chi connectivity index (χ2v) is 7.43. The molecule has 1 saturated heterocycles. The van der Waals surface area contributed by atoms with Crippen molar-refractivity contribution in [2.75, 3.05) is 19.8 Å². The number of pyridine rings is 1. The van der Waals surface area contributed by atoms with Gasteiger partial charge in [-0.2, -0.15) is 13.2 Å². The average Bonchev–Trinajstić information content (AvgIpc) is 3.39. The van der Waals surface area contributed by atoms with E-state index >= 15 is 0 Å². The van der Waals surface area contributed by atoms with Crippen molar-refractivity contribution in [3.8, 4) is 0 Å². The predicted molar refractivity (Wildman–Crippen MR) is 93.6 cm³/mol. The van der Waals surface area contributed by atoms with E-state index < -0.39 is 12.1 Å². The molecule has 0 unspecified atom stereocenters. The summed E-state index contributed by atoms with van der Waals surface area (Å²) in [5.41, 5.74) is 1.29. The van der Waals surface area contributed by atoms with Crippen LogP contribution >= 0.6 is 0 Å². The highest BCUT2D eigenvalue weighted by molar-refractivity contribution is 5.73. The van der Waals surface area contributed by atoms with Crippen LogP contribution in [0, 0.1) is 5.92 Å². The predicted octanol–water partition coefficient (Wildman–Crippen LogP) is 2.87. The van der Waals surface area contributed by atoms with Gasteiger partial charge in [0.2, 0.25) is 0 Å². The number of hydrogen-bond acceptors (Lipinski definition) is 5. The number of alkyl halides is 3. The Kier molecular flexibility index (Phi) is 6.90. The average molecular weight is 402 g/mol. The van der Waals surface area contributed by atoms with Crippen LogP contribution in [0.2, 0.25) is 0 Å². The van der Waals surface area contributed by atoms with Crippen molar-refractivity contribution in [2.24, 2.45) is 5.92 Å². The van der Waals surface area contributed by atoms with Crippen molar-refractivity contribution < 1.29 is 32.5 Å². The van der Waals surface area contributed by atoms with Crippen LogP contribution in [-0.4, -0.2) is 65.1 Å². The molecular formula is C19H25F3N2O4. The number of hydrogen-bond donors (Lipinski definition) is 1. The molecule has 156 valence electrons. The molecule has 3 atom stereocenters. The molecule has 1 aromatic rings. The lowest BCUT2D eigenvalue weighted by molar-refractivity contribution is -0.192. The smallest absolute Gasteiger partial charge is 0.475 e. The van der Waals surface area contributed by atoms with E-state index in [9.17, 15) is 13.2 Å². The summed E-state index contributed by atoms with van der Waals surface area (Å²) in [5.74, 6) is -1.92. The van der Waals surface area contributed by atoms with Crippen LogP contribution in [0.5, 0.6) is 0 Å². The van der Waals surface area contributed by atoms with Crippen LogP contribution in [0.25, 0.3) is 0 Å². The van der Waals surface area contributed by atoms with Crippen molar-refractivity contribution in [3.63, 3.8) is 0 Å². The van der Waals surface area contributed by atoms with Gasteiger partial charge in [-0.3, -0.25) is 9.88 Å². The number of carbonyl (C=O) groups is 1. The van der Waals surface area contributed by atoms with Crippen LogP contribution in [0.3, 0.4) is 0 Å². The fourth-order valence-corrected chi connectivity index (χ4v) is 3.64. The summed E-state index contributed by atoms with van der Waals surface area (Å²) in [6.45, 7) is 3.77. The molecule has 0 radical (unpaired) electrons. The second-order valence-electron chi connectivity index (χ2n) is 7.43. The SMILES string of the molecule is O=C(O)C(F)(F)F.c1cncc(CN2CCO[C@H]3[C@H](OCC4CC4)CC[C@@H]32)c1. The minimum Gasteiger partial charge on any atom is -0.475 e. The fraction of sp³-hybridized carbons (Fsp3) is 0.684. The lowest BCUT2D eigenvalue weighted by atomic mass is 10.1. The minimum absolute atomic E-state index is 0.272. The third-order valence-corrected chi connectivity index (χ3v) is 5.24. The van der Waals surface area contributed by atoms with Crippen molar-refractivity contribution in [1.29, 1.82) is 0 Å². The fourth-order valence-electron chi connectivity index (χ4n) is 3.64. The summed E-state index contributed by atoms with van der Waals surface area (Å²) in [7, 11) is 0. The molecule has 9 heteroatoms. The number of halogens is 3. The zero-order valence-corrected chi connectivity index (χ0v) is 15.5. The molecule has 28 heavy (non-hydrogen) atoms. The monoisotopic (exact) mass is 402 g/mol. The van der Waals surface area contributed by atoms with E-state index in [2.05, 4.69) is 16.0 Å². The van der Waals surface area contributed by atoms with E-state index in [1.807, 2.05) is 18.5 Å². The van der Waals surface area contributed by atoms with E-state index in [1.165, 1.54) is 24.8 Å². The summed E-state index contributed by atoms with van der Waals surface area (Å²) in [4.78, 5) is 15.7. The molecule has 6 nitrogen and oxygen atoms in total. The molecule has 3 fully saturated rings. The highest BCUT2D eigenvalue weighted by Crippen LogP contribution is 2.35. The number of aromatic nitrogens is 1. The van der Waals surface area contributed by atoms with E-state index in [4.69, 9.17) is 19.4 Å². The van der Waals surface area contributed by atoms with Crippen LogP contribution in [0.1, 0.15) is 31.2 Å². The Morgan fingerprint density at radius 3 is 2.68 bits per heavy atom. The number of nitrogens with zero attached hydrogens (tertiary/aromatic N) is 2. The normalized spacial score (nSPS) is 27.6. The molecule has 0 bridgehead atoms. The maximum atomic E-state index is 10.6. The number of rotatable bonds is 5. The largest absolute Gasteiger partial charge is 0.490 e. The number of fused-ring (bicyclic) bond motifs is 1. The van der Waals surface area contributed by atoms with E-state index in [-0.39, 0.29) is 6.10 Å². The zero-order chi connectivity index (χ0) is 20.1. The lowest BCUT2D eigenvalue weighted by Crippen LogP contribution is -2.51. The number of ether oxygens (including phenoxy) is 2. The molecule has 0 aromatic carbocycles. The first-order valence-corrected chi connectivity index (χ1v) is 9.51. The topological polar surface area (TPSA) is 71.9 Å². The standard InChI is InChI=1S/C17H24N2O2.C2HF3O2/c1-2-14(10-18-7-1)11-19-8-9-20-17-15(19)5-6-16(17)21-12-13-3-4-13;3-2(4,5)1(6)7/h1-2,7,10,13,15-17H,3-6,8-9,11-12H2;(H,6,7)/t15-,16+,17+;/m0./s1.